The van der Waals surface area contributed by atoms with Gasteiger partial charge in [-0.25, -0.2) is 4.79 Å². The molecule has 0 unspecified atom stereocenters. The standard InChI is InChI=1S/C17H17NO4/c19-11-14-7-4-8-15-16(14)18(9-10-21-15)17(20)22-12-13-5-2-1-3-6-13/h1-8,19H,9-12H2. The van der Waals surface area contributed by atoms with Crippen molar-refractivity contribution in [1.82, 2.24) is 0 Å². The summed E-state index contributed by atoms with van der Waals surface area (Å²) in [7, 11) is 0. The Labute approximate surface area is 128 Å². The summed E-state index contributed by atoms with van der Waals surface area (Å²) in [6, 6.07) is 14.9. The lowest BCUT2D eigenvalue weighted by atomic mass is 10.1. The van der Waals surface area contributed by atoms with Crippen LogP contribution < -0.4 is 9.64 Å². The molecule has 1 amide bonds. The number of hydrogen-bond donors (Lipinski definition) is 1. The van der Waals surface area contributed by atoms with Crippen LogP contribution in [0.4, 0.5) is 10.5 Å². The Hall–Kier alpha value is -2.53. The molecular formula is C17H17NO4. The first kappa shape index (κ1) is 14.4. The predicted octanol–water partition coefficient (Wildman–Crippen LogP) is 2.71. The molecule has 0 saturated heterocycles. The molecule has 0 aliphatic carbocycles. The maximum absolute atomic E-state index is 12.4. The number of aliphatic hydroxyl groups excluding tert-OH is 1. The molecule has 0 fully saturated rings. The maximum Gasteiger partial charge on any atom is 0.414 e. The van der Waals surface area contributed by atoms with E-state index in [2.05, 4.69) is 0 Å². The average molecular weight is 299 g/mol. The minimum absolute atomic E-state index is 0.158. The van der Waals surface area contributed by atoms with E-state index in [1.165, 1.54) is 4.90 Å². The second-order valence-corrected chi connectivity index (χ2v) is 4.96. The van der Waals surface area contributed by atoms with Crippen molar-refractivity contribution in [2.24, 2.45) is 0 Å². The van der Waals surface area contributed by atoms with E-state index in [0.29, 0.717) is 30.2 Å². The van der Waals surface area contributed by atoms with Gasteiger partial charge in [-0.15, -0.1) is 0 Å². The van der Waals surface area contributed by atoms with Crippen molar-refractivity contribution in [1.29, 1.82) is 0 Å². The predicted molar refractivity (Wildman–Crippen MR) is 81.8 cm³/mol. The van der Waals surface area contributed by atoms with Crippen LogP contribution >= 0.6 is 0 Å². The molecule has 5 nitrogen and oxygen atoms in total. The fourth-order valence-electron chi connectivity index (χ4n) is 2.46. The Morgan fingerprint density at radius 2 is 2.00 bits per heavy atom. The van der Waals surface area contributed by atoms with E-state index < -0.39 is 6.09 Å². The number of aliphatic hydroxyl groups is 1. The van der Waals surface area contributed by atoms with E-state index in [1.807, 2.05) is 30.3 Å². The Morgan fingerprint density at radius 3 is 2.77 bits per heavy atom. The fraction of sp³-hybridized carbons (Fsp3) is 0.235. The van der Waals surface area contributed by atoms with E-state index in [9.17, 15) is 9.90 Å². The normalized spacial score (nSPS) is 13.2. The quantitative estimate of drug-likeness (QED) is 0.946. The summed E-state index contributed by atoms with van der Waals surface area (Å²) >= 11 is 0. The zero-order valence-electron chi connectivity index (χ0n) is 12.1. The van der Waals surface area contributed by atoms with Gasteiger partial charge in [0.25, 0.3) is 0 Å². The Balaban J connectivity index is 1.77. The van der Waals surface area contributed by atoms with Crippen LogP contribution in [0.15, 0.2) is 48.5 Å². The number of para-hydroxylation sites is 1. The Kier molecular flexibility index (Phi) is 4.25. The van der Waals surface area contributed by atoms with E-state index in [1.54, 1.807) is 18.2 Å². The third-order valence-electron chi connectivity index (χ3n) is 3.52. The summed E-state index contributed by atoms with van der Waals surface area (Å²) in [5.41, 5.74) is 2.17. The summed E-state index contributed by atoms with van der Waals surface area (Å²) in [5.74, 6) is 0.592. The maximum atomic E-state index is 12.4. The topological polar surface area (TPSA) is 59.0 Å². The van der Waals surface area contributed by atoms with Gasteiger partial charge in [0.15, 0.2) is 0 Å². The molecule has 2 aromatic carbocycles. The first-order valence-electron chi connectivity index (χ1n) is 7.13. The number of fused-ring (bicyclic) bond motifs is 1. The van der Waals surface area contributed by atoms with Crippen LogP contribution in [-0.4, -0.2) is 24.4 Å². The van der Waals surface area contributed by atoms with E-state index in [4.69, 9.17) is 9.47 Å². The van der Waals surface area contributed by atoms with Crippen LogP contribution in [0.2, 0.25) is 0 Å². The van der Waals surface area contributed by atoms with Gasteiger partial charge in [-0.2, -0.15) is 0 Å². The molecule has 1 heterocycles. The number of benzene rings is 2. The highest BCUT2D eigenvalue weighted by Crippen LogP contribution is 2.35. The molecule has 3 rings (SSSR count). The molecule has 114 valence electrons. The van der Waals surface area contributed by atoms with Crippen LogP contribution in [0.5, 0.6) is 5.75 Å². The Morgan fingerprint density at radius 1 is 1.18 bits per heavy atom. The summed E-state index contributed by atoms with van der Waals surface area (Å²) in [6.45, 7) is 0.864. The number of carbonyl (C=O) groups is 1. The number of amides is 1. The van der Waals surface area contributed by atoms with Crippen molar-refractivity contribution in [2.75, 3.05) is 18.1 Å². The van der Waals surface area contributed by atoms with Gasteiger partial charge in [-0.1, -0.05) is 42.5 Å². The second kappa shape index (κ2) is 6.49. The van der Waals surface area contributed by atoms with Crippen LogP contribution in [0.3, 0.4) is 0 Å². The van der Waals surface area contributed by atoms with Crippen molar-refractivity contribution >= 4 is 11.8 Å². The van der Waals surface area contributed by atoms with Crippen molar-refractivity contribution in [2.45, 2.75) is 13.2 Å². The van der Waals surface area contributed by atoms with Gasteiger partial charge in [0.05, 0.1) is 18.8 Å². The lowest BCUT2D eigenvalue weighted by molar-refractivity contribution is 0.143. The van der Waals surface area contributed by atoms with Gasteiger partial charge in [-0.3, -0.25) is 4.90 Å². The summed E-state index contributed by atoms with van der Waals surface area (Å²) in [5, 5.41) is 9.47. The minimum atomic E-state index is -0.436. The van der Waals surface area contributed by atoms with Crippen molar-refractivity contribution in [3.05, 3.63) is 59.7 Å². The highest BCUT2D eigenvalue weighted by Gasteiger charge is 2.27. The minimum Gasteiger partial charge on any atom is -0.490 e. The van der Waals surface area contributed by atoms with Crippen LogP contribution in [0, 0.1) is 0 Å². The van der Waals surface area contributed by atoms with Crippen molar-refractivity contribution in [3.8, 4) is 5.75 Å². The van der Waals surface area contributed by atoms with Crippen LogP contribution in [0.25, 0.3) is 0 Å². The number of ether oxygens (including phenoxy) is 2. The molecule has 1 aliphatic rings. The van der Waals surface area contributed by atoms with E-state index in [0.717, 1.165) is 5.56 Å². The molecule has 2 aromatic rings. The summed E-state index contributed by atoms with van der Waals surface area (Å²) < 4.78 is 10.9. The third-order valence-corrected chi connectivity index (χ3v) is 3.52. The molecular weight excluding hydrogens is 282 g/mol. The summed E-state index contributed by atoms with van der Waals surface area (Å²) in [6.07, 6.45) is -0.436. The SMILES string of the molecule is O=C(OCc1ccccc1)N1CCOc2cccc(CO)c21. The lowest BCUT2D eigenvalue weighted by Crippen LogP contribution is -2.39. The molecule has 0 aromatic heterocycles. The highest BCUT2D eigenvalue weighted by atomic mass is 16.6. The van der Waals surface area contributed by atoms with Crippen molar-refractivity contribution < 1.29 is 19.4 Å². The Bertz CT molecular complexity index is 643. The van der Waals surface area contributed by atoms with Gasteiger partial charge >= 0.3 is 6.09 Å². The largest absolute Gasteiger partial charge is 0.490 e. The highest BCUT2D eigenvalue weighted by molar-refractivity contribution is 5.91. The first-order chi connectivity index (χ1) is 10.8. The molecule has 0 radical (unpaired) electrons. The number of nitrogens with zero attached hydrogens (tertiary/aromatic N) is 1. The molecule has 1 aliphatic heterocycles. The van der Waals surface area contributed by atoms with Crippen LogP contribution in [0.1, 0.15) is 11.1 Å². The molecule has 0 spiro atoms. The molecule has 1 N–H and O–H groups in total. The van der Waals surface area contributed by atoms with Gasteiger partial charge in [-0.05, 0) is 11.6 Å². The molecule has 0 bridgehead atoms. The smallest absolute Gasteiger partial charge is 0.414 e. The number of rotatable bonds is 3. The first-order valence-corrected chi connectivity index (χ1v) is 7.13. The molecule has 0 atom stereocenters. The van der Waals surface area contributed by atoms with E-state index in [-0.39, 0.29) is 13.2 Å². The third kappa shape index (κ3) is 2.89. The number of anilines is 1. The molecule has 0 saturated carbocycles. The molecule has 22 heavy (non-hydrogen) atoms. The van der Waals surface area contributed by atoms with Gasteiger partial charge < -0.3 is 14.6 Å². The molecule has 5 heteroatoms. The second-order valence-electron chi connectivity index (χ2n) is 4.96. The average Bonchev–Trinajstić information content (AvgIpc) is 2.59. The number of hydrogen-bond acceptors (Lipinski definition) is 4. The zero-order chi connectivity index (χ0) is 15.4. The van der Waals surface area contributed by atoms with E-state index >= 15 is 0 Å². The zero-order valence-corrected chi connectivity index (χ0v) is 12.1. The van der Waals surface area contributed by atoms with Gasteiger partial charge in [0.2, 0.25) is 0 Å². The van der Waals surface area contributed by atoms with Gasteiger partial charge in [0.1, 0.15) is 19.0 Å². The monoisotopic (exact) mass is 299 g/mol. The van der Waals surface area contributed by atoms with Crippen LogP contribution in [-0.2, 0) is 18.0 Å². The van der Waals surface area contributed by atoms with Gasteiger partial charge in [0, 0.05) is 5.56 Å². The van der Waals surface area contributed by atoms with Crippen molar-refractivity contribution in [3.63, 3.8) is 0 Å². The lowest BCUT2D eigenvalue weighted by Gasteiger charge is -2.30. The number of carbonyl (C=O) groups excluding carboxylic acids is 1. The summed E-state index contributed by atoms with van der Waals surface area (Å²) in [4.78, 5) is 13.9. The fourth-order valence-corrected chi connectivity index (χ4v) is 2.46.